The number of benzene rings is 1. The summed E-state index contributed by atoms with van der Waals surface area (Å²) < 4.78 is 60.0. The van der Waals surface area contributed by atoms with E-state index in [1.54, 1.807) is 44.4 Å². The van der Waals surface area contributed by atoms with Gasteiger partial charge in [-0.25, -0.2) is 14.2 Å². The molecule has 1 aromatic heterocycles. The summed E-state index contributed by atoms with van der Waals surface area (Å²) in [5.41, 5.74) is -2.18. The summed E-state index contributed by atoms with van der Waals surface area (Å²) in [5, 5.41) is -0.417. The van der Waals surface area contributed by atoms with Gasteiger partial charge in [0.05, 0.1) is 10.0 Å². The molecule has 12 heteroatoms. The average Bonchev–Trinajstić information content (AvgIpc) is 2.63. The van der Waals surface area contributed by atoms with Crippen LogP contribution in [0.4, 0.5) is 28.2 Å². The summed E-state index contributed by atoms with van der Waals surface area (Å²) in [6, 6.07) is 0.0901. The van der Waals surface area contributed by atoms with Crippen LogP contribution in [0.15, 0.2) is 10.5 Å². The predicted molar refractivity (Wildman–Crippen MR) is 116 cm³/mol. The fourth-order valence-electron chi connectivity index (χ4n) is 3.58. The van der Waals surface area contributed by atoms with Gasteiger partial charge in [-0.1, -0.05) is 0 Å². The maximum Gasteiger partial charge on any atom is 0.417 e. The maximum atomic E-state index is 14.8. The molecule has 0 radical (unpaired) electrons. The molecular weight excluding hydrogens is 520 g/mol. The number of alkyl halides is 3. The first-order valence-corrected chi connectivity index (χ1v) is 11.0. The Labute approximate surface area is 196 Å². The van der Waals surface area contributed by atoms with Crippen molar-refractivity contribution in [3.8, 4) is 0 Å². The molecule has 1 aliphatic heterocycles. The topological polar surface area (TPSA) is 58.6 Å². The van der Waals surface area contributed by atoms with Crippen LogP contribution in [-0.4, -0.2) is 51.7 Å². The molecule has 1 amide bonds. The average molecular weight is 542 g/mol. The van der Waals surface area contributed by atoms with E-state index < -0.39 is 33.7 Å². The monoisotopic (exact) mass is 540 g/mol. The smallest absolute Gasteiger partial charge is 0.417 e. The third kappa shape index (κ3) is 4.88. The minimum Gasteiger partial charge on any atom is -0.444 e. The lowest BCUT2D eigenvalue weighted by Crippen LogP contribution is -2.59. The van der Waals surface area contributed by atoms with Crippen LogP contribution in [0.2, 0.25) is 5.28 Å². The molecule has 2 atom stereocenters. The summed E-state index contributed by atoms with van der Waals surface area (Å²) in [5.74, 6) is -1.10. The molecule has 3 rings (SSSR count). The molecule has 1 fully saturated rings. The number of hydrogen-bond donors (Lipinski definition) is 0. The second-order valence-corrected chi connectivity index (χ2v) is 9.88. The summed E-state index contributed by atoms with van der Waals surface area (Å²) in [4.78, 5) is 23.8. The van der Waals surface area contributed by atoms with Gasteiger partial charge in [0, 0.05) is 30.6 Å². The van der Waals surface area contributed by atoms with Crippen molar-refractivity contribution in [2.75, 3.05) is 18.0 Å². The Morgan fingerprint density at radius 3 is 2.38 bits per heavy atom. The number of hydrogen-bond acceptors (Lipinski definition) is 5. The summed E-state index contributed by atoms with van der Waals surface area (Å²) in [7, 11) is 0. The first-order valence-electron chi connectivity index (χ1n) is 9.79. The van der Waals surface area contributed by atoms with Crippen LogP contribution in [0.5, 0.6) is 0 Å². The Balaban J connectivity index is 2.06. The van der Waals surface area contributed by atoms with Gasteiger partial charge in [0.15, 0.2) is 5.82 Å². The summed E-state index contributed by atoms with van der Waals surface area (Å²) in [6.45, 7) is 9.29. The number of nitrogens with zero attached hydrogens (tertiary/aromatic N) is 4. The van der Waals surface area contributed by atoms with Gasteiger partial charge in [0.25, 0.3) is 0 Å². The zero-order chi connectivity index (χ0) is 24.2. The van der Waals surface area contributed by atoms with Crippen molar-refractivity contribution in [1.29, 1.82) is 0 Å². The molecular formula is C20H22BrClF4N4O2. The van der Waals surface area contributed by atoms with E-state index in [9.17, 15) is 22.4 Å². The number of anilines is 1. The maximum absolute atomic E-state index is 14.8. The van der Waals surface area contributed by atoms with Crippen LogP contribution >= 0.6 is 27.5 Å². The Hall–Kier alpha value is -1.88. The summed E-state index contributed by atoms with van der Waals surface area (Å²) >= 11 is 8.68. The predicted octanol–water partition coefficient (Wildman–Crippen LogP) is 6.04. The van der Waals surface area contributed by atoms with E-state index in [2.05, 4.69) is 25.9 Å². The lowest BCUT2D eigenvalue weighted by Gasteiger charge is -2.45. The molecule has 0 N–H and O–H groups in total. The van der Waals surface area contributed by atoms with Gasteiger partial charge in [-0.15, -0.1) is 0 Å². The van der Waals surface area contributed by atoms with Crippen LogP contribution in [0.25, 0.3) is 10.9 Å². The minimum atomic E-state index is -4.79. The summed E-state index contributed by atoms with van der Waals surface area (Å²) in [6.07, 6.45) is -5.28. The Bertz CT molecular complexity index is 1060. The molecule has 1 aromatic carbocycles. The lowest BCUT2D eigenvalue weighted by atomic mass is 10.1. The number of fused-ring (bicyclic) bond motifs is 1. The van der Waals surface area contributed by atoms with Gasteiger partial charge >= 0.3 is 12.3 Å². The molecule has 0 spiro atoms. The number of carbonyl (C=O) groups excluding carboxylic acids is 1. The molecule has 1 aliphatic rings. The van der Waals surface area contributed by atoms with Gasteiger partial charge in [0.1, 0.15) is 16.9 Å². The van der Waals surface area contributed by atoms with E-state index >= 15 is 0 Å². The van der Waals surface area contributed by atoms with Crippen molar-refractivity contribution >= 4 is 50.3 Å². The second kappa shape index (κ2) is 8.48. The van der Waals surface area contributed by atoms with Crippen molar-refractivity contribution in [1.82, 2.24) is 14.9 Å². The molecule has 0 saturated carbocycles. The Morgan fingerprint density at radius 1 is 1.19 bits per heavy atom. The molecule has 176 valence electrons. The molecule has 1 saturated heterocycles. The van der Waals surface area contributed by atoms with Crippen LogP contribution in [0.1, 0.15) is 40.2 Å². The van der Waals surface area contributed by atoms with Gasteiger partial charge in [-0.05, 0) is 68.2 Å². The molecule has 2 aromatic rings. The first kappa shape index (κ1) is 24.8. The highest BCUT2D eigenvalue weighted by Crippen LogP contribution is 2.41. The van der Waals surface area contributed by atoms with E-state index in [-0.39, 0.29) is 47.2 Å². The second-order valence-electron chi connectivity index (χ2n) is 8.75. The van der Waals surface area contributed by atoms with Crippen molar-refractivity contribution in [3.05, 3.63) is 27.2 Å². The Morgan fingerprint density at radius 2 is 1.81 bits per heavy atom. The molecule has 6 nitrogen and oxygen atoms in total. The molecule has 0 aliphatic carbocycles. The zero-order valence-corrected chi connectivity index (χ0v) is 20.4. The highest BCUT2D eigenvalue weighted by atomic mass is 79.9. The van der Waals surface area contributed by atoms with E-state index in [1.165, 1.54) is 0 Å². The van der Waals surface area contributed by atoms with E-state index in [0.29, 0.717) is 0 Å². The van der Waals surface area contributed by atoms with E-state index in [4.69, 9.17) is 16.3 Å². The van der Waals surface area contributed by atoms with Crippen LogP contribution < -0.4 is 4.90 Å². The van der Waals surface area contributed by atoms with Crippen molar-refractivity contribution < 1.29 is 27.1 Å². The fraction of sp³-hybridized carbons (Fsp3) is 0.550. The number of aromatic nitrogens is 2. The van der Waals surface area contributed by atoms with Crippen molar-refractivity contribution in [2.24, 2.45) is 0 Å². The standard InChI is InChI=1S/C20H22BrClF4N4O2/c1-9-8-30(18(31)32-19(3,4)5)10(2)7-29(9)16-11-6-12(20(24,25)26)13(21)14(23)15(11)27-17(22)28-16/h6,9-10H,7-8H2,1-5H3. The molecule has 2 heterocycles. The SMILES string of the molecule is CC1CN(c2nc(Cl)nc3c(F)c(Br)c(C(F)(F)F)cc23)C(C)CN1C(=O)OC(C)(C)C. The van der Waals surface area contributed by atoms with E-state index in [1.807, 2.05) is 0 Å². The number of halogens is 6. The molecule has 0 bridgehead atoms. The van der Waals surface area contributed by atoms with Gasteiger partial charge < -0.3 is 14.5 Å². The number of piperazine rings is 1. The normalized spacial score (nSPS) is 20.1. The number of carbonyl (C=O) groups is 1. The van der Waals surface area contributed by atoms with Crippen LogP contribution in [-0.2, 0) is 10.9 Å². The number of rotatable bonds is 1. The van der Waals surface area contributed by atoms with Gasteiger partial charge in [-0.3, -0.25) is 0 Å². The number of ether oxygens (including phenoxy) is 1. The Kier molecular flexibility index (Phi) is 6.56. The van der Waals surface area contributed by atoms with E-state index in [0.717, 1.165) is 6.07 Å². The molecule has 32 heavy (non-hydrogen) atoms. The first-order chi connectivity index (χ1) is 14.6. The highest BCUT2D eigenvalue weighted by Gasteiger charge is 2.38. The van der Waals surface area contributed by atoms with Crippen molar-refractivity contribution in [2.45, 2.75) is 58.5 Å². The molecule has 2 unspecified atom stereocenters. The van der Waals surface area contributed by atoms with Crippen LogP contribution in [0, 0.1) is 5.82 Å². The van der Waals surface area contributed by atoms with Crippen LogP contribution in [0.3, 0.4) is 0 Å². The highest BCUT2D eigenvalue weighted by molar-refractivity contribution is 9.10. The third-order valence-corrected chi connectivity index (χ3v) is 5.96. The van der Waals surface area contributed by atoms with Gasteiger partial charge in [-0.2, -0.15) is 18.2 Å². The lowest BCUT2D eigenvalue weighted by molar-refractivity contribution is -0.138. The minimum absolute atomic E-state index is 0.0695. The largest absolute Gasteiger partial charge is 0.444 e. The number of amides is 1. The quantitative estimate of drug-likeness (QED) is 0.326. The zero-order valence-electron chi connectivity index (χ0n) is 18.0. The third-order valence-electron chi connectivity index (χ3n) is 5.02. The van der Waals surface area contributed by atoms with Crippen molar-refractivity contribution in [3.63, 3.8) is 0 Å². The fourth-order valence-corrected chi connectivity index (χ4v) is 4.27. The van der Waals surface area contributed by atoms with Gasteiger partial charge in [0.2, 0.25) is 5.28 Å².